The van der Waals surface area contributed by atoms with Gasteiger partial charge >= 0.3 is 0 Å². The monoisotopic (exact) mass is 258 g/mol. The Morgan fingerprint density at radius 2 is 2.05 bits per heavy atom. The zero-order valence-electron chi connectivity index (χ0n) is 10.8. The van der Waals surface area contributed by atoms with E-state index in [1.807, 2.05) is 24.3 Å². The summed E-state index contributed by atoms with van der Waals surface area (Å²) >= 11 is 0. The van der Waals surface area contributed by atoms with Crippen LogP contribution in [0.25, 0.3) is 10.9 Å². The first kappa shape index (κ1) is 12.2. The van der Waals surface area contributed by atoms with Gasteiger partial charge in [-0.2, -0.15) is 4.98 Å². The summed E-state index contributed by atoms with van der Waals surface area (Å²) in [7, 11) is 0. The molecule has 5 nitrogen and oxygen atoms in total. The first-order chi connectivity index (χ1) is 9.36. The second-order valence-corrected chi connectivity index (χ2v) is 4.84. The number of hydrogen-bond acceptors (Lipinski definition) is 5. The van der Waals surface area contributed by atoms with Gasteiger partial charge in [0, 0.05) is 24.6 Å². The maximum absolute atomic E-state index is 8.80. The lowest BCUT2D eigenvalue weighted by Crippen LogP contribution is -2.10. The molecule has 0 radical (unpaired) electrons. The van der Waals surface area contributed by atoms with Crippen LogP contribution in [0.5, 0.6) is 0 Å². The third-order valence-corrected chi connectivity index (χ3v) is 3.14. The fourth-order valence-corrected chi connectivity index (χ4v) is 1.97. The Labute approximate surface area is 112 Å². The minimum absolute atomic E-state index is 0.174. The van der Waals surface area contributed by atoms with Gasteiger partial charge in [0.2, 0.25) is 5.95 Å². The Kier molecular flexibility index (Phi) is 3.46. The van der Waals surface area contributed by atoms with Crippen LogP contribution >= 0.6 is 0 Å². The van der Waals surface area contributed by atoms with Gasteiger partial charge in [-0.05, 0) is 31.4 Å². The van der Waals surface area contributed by atoms with Gasteiger partial charge < -0.3 is 15.7 Å². The van der Waals surface area contributed by atoms with Crippen LogP contribution in [0, 0.1) is 0 Å². The summed E-state index contributed by atoms with van der Waals surface area (Å²) in [5, 5.41) is 16.5. The van der Waals surface area contributed by atoms with Crippen LogP contribution in [0.1, 0.15) is 19.3 Å². The van der Waals surface area contributed by atoms with Gasteiger partial charge in [-0.25, -0.2) is 4.98 Å². The van der Waals surface area contributed by atoms with Crippen LogP contribution in [0.4, 0.5) is 11.8 Å². The van der Waals surface area contributed by atoms with Gasteiger partial charge in [-0.15, -0.1) is 0 Å². The molecule has 2 aromatic rings. The topological polar surface area (TPSA) is 70.1 Å². The van der Waals surface area contributed by atoms with E-state index in [2.05, 4.69) is 20.6 Å². The maximum atomic E-state index is 8.80. The Hall–Kier alpha value is -1.88. The Bertz CT molecular complexity index is 568. The lowest BCUT2D eigenvalue weighted by molar-refractivity contribution is 0.292. The highest BCUT2D eigenvalue weighted by Crippen LogP contribution is 2.28. The van der Waals surface area contributed by atoms with Gasteiger partial charge in [-0.3, -0.25) is 0 Å². The molecule has 0 atom stereocenters. The fourth-order valence-electron chi connectivity index (χ4n) is 1.97. The highest BCUT2D eigenvalue weighted by Gasteiger charge is 2.22. The lowest BCUT2D eigenvalue weighted by atomic mass is 10.2. The number of benzene rings is 1. The Balaban J connectivity index is 1.89. The van der Waals surface area contributed by atoms with Crippen molar-refractivity contribution in [2.24, 2.45) is 0 Å². The molecule has 0 spiro atoms. The largest absolute Gasteiger partial charge is 0.396 e. The molecular formula is C14H18N4O. The number of para-hydroxylation sites is 1. The van der Waals surface area contributed by atoms with Crippen molar-refractivity contribution in [1.29, 1.82) is 0 Å². The third kappa shape index (κ3) is 2.93. The summed E-state index contributed by atoms with van der Waals surface area (Å²) in [5.41, 5.74) is 0.937. The number of nitrogens with one attached hydrogen (secondary N) is 2. The van der Waals surface area contributed by atoms with E-state index in [1.165, 1.54) is 12.8 Å². The predicted molar refractivity (Wildman–Crippen MR) is 76.4 cm³/mol. The van der Waals surface area contributed by atoms with Crippen LogP contribution in [-0.4, -0.2) is 34.3 Å². The summed E-state index contributed by atoms with van der Waals surface area (Å²) in [6, 6.07) is 8.57. The number of aliphatic hydroxyl groups is 1. The number of aromatic nitrogens is 2. The number of hydrogen-bond donors (Lipinski definition) is 3. The number of anilines is 2. The van der Waals surface area contributed by atoms with Crippen molar-refractivity contribution in [2.75, 3.05) is 23.8 Å². The van der Waals surface area contributed by atoms with Gasteiger partial charge in [0.25, 0.3) is 0 Å². The van der Waals surface area contributed by atoms with Gasteiger partial charge in [-0.1, -0.05) is 12.1 Å². The van der Waals surface area contributed by atoms with E-state index in [0.29, 0.717) is 25.0 Å². The zero-order valence-corrected chi connectivity index (χ0v) is 10.8. The average Bonchev–Trinajstić information content (AvgIpc) is 3.23. The number of fused-ring (bicyclic) bond motifs is 1. The summed E-state index contributed by atoms with van der Waals surface area (Å²) < 4.78 is 0. The summed E-state index contributed by atoms with van der Waals surface area (Å²) in [6.45, 7) is 0.853. The van der Waals surface area contributed by atoms with E-state index in [9.17, 15) is 0 Å². The highest BCUT2D eigenvalue weighted by molar-refractivity contribution is 5.90. The fraction of sp³-hybridized carbons (Fsp3) is 0.429. The molecule has 1 aromatic carbocycles. The molecule has 100 valence electrons. The number of aliphatic hydroxyl groups excluding tert-OH is 1. The van der Waals surface area contributed by atoms with E-state index in [1.54, 1.807) is 0 Å². The van der Waals surface area contributed by atoms with E-state index in [-0.39, 0.29) is 6.61 Å². The van der Waals surface area contributed by atoms with Crippen LogP contribution in [0.15, 0.2) is 24.3 Å². The number of nitrogens with zero attached hydrogens (tertiary/aromatic N) is 2. The van der Waals surface area contributed by atoms with Crippen LogP contribution in [0.2, 0.25) is 0 Å². The first-order valence-electron chi connectivity index (χ1n) is 6.75. The second-order valence-electron chi connectivity index (χ2n) is 4.84. The molecule has 0 amide bonds. The van der Waals surface area contributed by atoms with E-state index in [0.717, 1.165) is 16.7 Å². The van der Waals surface area contributed by atoms with Crippen molar-refractivity contribution in [2.45, 2.75) is 25.3 Å². The minimum atomic E-state index is 0.174. The molecule has 1 aliphatic rings. The van der Waals surface area contributed by atoms with Crippen molar-refractivity contribution in [3.8, 4) is 0 Å². The quantitative estimate of drug-likeness (QED) is 0.691. The van der Waals surface area contributed by atoms with Crippen LogP contribution in [0.3, 0.4) is 0 Å². The molecule has 19 heavy (non-hydrogen) atoms. The summed E-state index contributed by atoms with van der Waals surface area (Å²) in [4.78, 5) is 9.03. The Morgan fingerprint density at radius 3 is 2.84 bits per heavy atom. The SMILES string of the molecule is OCCCNc1nc(NC2CC2)c2ccccc2n1. The molecule has 0 bridgehead atoms. The zero-order chi connectivity index (χ0) is 13.1. The van der Waals surface area contributed by atoms with Crippen molar-refractivity contribution in [3.63, 3.8) is 0 Å². The summed E-state index contributed by atoms with van der Waals surface area (Å²) in [6.07, 6.45) is 3.12. The molecule has 3 rings (SSSR count). The first-order valence-corrected chi connectivity index (χ1v) is 6.75. The van der Waals surface area contributed by atoms with Crippen molar-refractivity contribution in [3.05, 3.63) is 24.3 Å². The normalized spacial score (nSPS) is 14.6. The molecule has 1 heterocycles. The standard InChI is InChI=1S/C14H18N4O/c19-9-3-8-15-14-17-12-5-2-1-4-11(12)13(18-14)16-10-6-7-10/h1-2,4-5,10,19H,3,6-9H2,(H2,15,16,17,18). The van der Waals surface area contributed by atoms with Gasteiger partial charge in [0.05, 0.1) is 5.52 Å². The number of rotatable bonds is 6. The van der Waals surface area contributed by atoms with E-state index >= 15 is 0 Å². The second kappa shape index (κ2) is 5.40. The molecular weight excluding hydrogens is 240 g/mol. The molecule has 0 aliphatic heterocycles. The molecule has 0 saturated heterocycles. The smallest absolute Gasteiger partial charge is 0.225 e. The van der Waals surface area contributed by atoms with Crippen molar-refractivity contribution < 1.29 is 5.11 Å². The summed E-state index contributed by atoms with van der Waals surface area (Å²) in [5.74, 6) is 1.52. The molecule has 0 unspecified atom stereocenters. The average molecular weight is 258 g/mol. The van der Waals surface area contributed by atoms with Crippen LogP contribution in [-0.2, 0) is 0 Å². The third-order valence-electron chi connectivity index (χ3n) is 3.14. The van der Waals surface area contributed by atoms with Gasteiger partial charge in [0.15, 0.2) is 0 Å². The van der Waals surface area contributed by atoms with Crippen molar-refractivity contribution >= 4 is 22.7 Å². The highest BCUT2D eigenvalue weighted by atomic mass is 16.3. The van der Waals surface area contributed by atoms with E-state index < -0.39 is 0 Å². The minimum Gasteiger partial charge on any atom is -0.396 e. The molecule has 3 N–H and O–H groups in total. The van der Waals surface area contributed by atoms with Crippen molar-refractivity contribution in [1.82, 2.24) is 9.97 Å². The molecule has 1 aromatic heterocycles. The maximum Gasteiger partial charge on any atom is 0.225 e. The van der Waals surface area contributed by atoms with Crippen LogP contribution < -0.4 is 10.6 Å². The molecule has 1 fully saturated rings. The lowest BCUT2D eigenvalue weighted by Gasteiger charge is -2.11. The van der Waals surface area contributed by atoms with Gasteiger partial charge in [0.1, 0.15) is 5.82 Å². The predicted octanol–water partition coefficient (Wildman–Crippen LogP) is 2.00. The Morgan fingerprint density at radius 1 is 1.21 bits per heavy atom. The molecule has 1 aliphatic carbocycles. The molecule has 5 heteroatoms. The molecule has 1 saturated carbocycles. The van der Waals surface area contributed by atoms with E-state index in [4.69, 9.17) is 5.11 Å².